The fraction of sp³-hybridized carbons (Fsp3) is 0.383. The van der Waals surface area contributed by atoms with Crippen LogP contribution in [0.5, 0.6) is 28.7 Å². The Balaban J connectivity index is 0.000000189. The number of carbonyl (C=O) groups excluding carboxylic acids is 1. The number of aromatic hydroxyl groups is 1. The molecule has 5 heterocycles. The molecule has 0 bridgehead atoms. The first-order chi connectivity index (χ1) is 63.7. The van der Waals surface area contributed by atoms with Crippen LogP contribution in [-0.4, -0.2) is 146 Å². The molecule has 0 radical (unpaired) electrons. The van der Waals surface area contributed by atoms with E-state index in [1.54, 1.807) is 106 Å². The maximum absolute atomic E-state index is 13.2. The van der Waals surface area contributed by atoms with Crippen LogP contribution in [-0.2, 0) is 70.0 Å². The number of benzene rings is 7. The number of rotatable bonds is 30. The molecule has 23 nitrogen and oxygen atoms in total. The number of aromatic nitrogens is 15. The van der Waals surface area contributed by atoms with Gasteiger partial charge in [0.15, 0.2) is 29.1 Å². The van der Waals surface area contributed by atoms with Crippen molar-refractivity contribution in [1.29, 1.82) is 0 Å². The molecule has 7 aromatic carbocycles. The second kappa shape index (κ2) is 49.3. The van der Waals surface area contributed by atoms with Gasteiger partial charge in [0, 0.05) is 97.0 Å². The van der Waals surface area contributed by atoms with Crippen LogP contribution in [0.1, 0.15) is 168 Å². The Morgan fingerprint density at radius 1 is 0.416 bits per heavy atom. The predicted octanol–water partition coefficient (Wildman–Crippen LogP) is 24.2. The number of phenols is 1. The fourth-order valence-electron chi connectivity index (χ4n) is 12.8. The fourth-order valence-corrected chi connectivity index (χ4v) is 12.8. The molecular weight excluding hydrogens is 2130 g/mol. The zero-order valence-electron chi connectivity index (χ0n) is 74.3. The topological polar surface area (TPSA) is 274 Å². The summed E-state index contributed by atoms with van der Waals surface area (Å²) in [5, 5.41) is 32.7. The third kappa shape index (κ3) is 36.8. The van der Waals surface area contributed by atoms with E-state index in [-0.39, 0.29) is 120 Å². The van der Waals surface area contributed by atoms with E-state index >= 15 is 0 Å². The molecule has 736 valence electrons. The number of hydrogen-bond acceptors (Lipinski definition) is 18. The van der Waals surface area contributed by atoms with Gasteiger partial charge in [0.2, 0.25) is 0 Å². The van der Waals surface area contributed by atoms with Crippen LogP contribution in [0.3, 0.4) is 0 Å². The molecule has 5 aromatic heterocycles. The van der Waals surface area contributed by atoms with Crippen LogP contribution in [0.4, 0.5) is 74.6 Å². The molecule has 0 unspecified atom stereocenters. The van der Waals surface area contributed by atoms with Crippen LogP contribution < -0.4 is 24.7 Å². The van der Waals surface area contributed by atoms with Crippen molar-refractivity contribution >= 4 is 41.0 Å². The molecule has 0 spiro atoms. The molecule has 5 fully saturated rings. The maximum Gasteiger partial charge on any atom is 0.408 e. The van der Waals surface area contributed by atoms with Crippen molar-refractivity contribution < 1.29 is 129 Å². The third-order valence-corrected chi connectivity index (χ3v) is 20.9. The predicted molar refractivity (Wildman–Crippen MR) is 483 cm³/mol. The summed E-state index contributed by atoms with van der Waals surface area (Å²) in [6, 6.07) is 54.1. The maximum atomic E-state index is 13.2. The molecule has 0 amide bonds. The van der Waals surface area contributed by atoms with E-state index in [9.17, 15) is 84.5 Å². The van der Waals surface area contributed by atoms with Crippen molar-refractivity contribution in [3.05, 3.63) is 253 Å². The second-order valence-electron chi connectivity index (χ2n) is 33.0. The smallest absolute Gasteiger partial charge is 0.408 e. The average Bonchev–Trinajstić information content (AvgIpc) is 1.66. The average molecular weight is 2230 g/mol. The van der Waals surface area contributed by atoms with Crippen molar-refractivity contribution in [3.63, 3.8) is 0 Å². The van der Waals surface area contributed by atoms with Gasteiger partial charge in [-0.25, -0.2) is 52.4 Å². The number of aromatic amines is 1. The van der Waals surface area contributed by atoms with E-state index in [4.69, 9.17) is 29.4 Å². The number of esters is 1. The molecule has 43 heteroatoms. The molecule has 137 heavy (non-hydrogen) atoms. The van der Waals surface area contributed by atoms with Gasteiger partial charge in [-0.3, -0.25) is 9.89 Å². The van der Waals surface area contributed by atoms with E-state index < -0.39 is 73.1 Å². The standard InChI is InChI=1S/C23H27F4N3O3.C20H18F3N3O.C18H17N3O.C17H18F4N4O.C13H12F3N3O.C2H2F3I.CH3.ClH.W/c1-22(2,3)33-19(31)11-4-15(12-24)13-32-18-9-7-16(8-10-18)20-28-21(17-5-6-17)30(29-20)14-23(25,26)27;21-20(22,23)13-26-19(16-6-7-16)24-18(25-26)15-8-10-17(11-9-15)27-12-14-4-2-1-3-5-14;1-2-4-13(5-3-1)12-22-16-10-8-15(9-11-16)18-19-17(20-21-18)14-6-7-14;18-7-11(8-22)9-26-14-5-3-12(4-6-14)15-23-16(13-1-2-13)25(24-15)10-17(19,20)21;14-13(15,16)7-19-12(9-1-2-9)17-11(18-19)8-3-5-10(20)6-4-8;3-2(4,5)1-6;;;/h7-10,12,17H,4-6,11,13-14H2,1-3H3;1-5,8-11,16H,6-7,12-13H2;1-5,8-11,14H,6-7,12H2,(H,19,20,21);3-7,13H,1-2,8-10,22H2;3-6,9,20H,1-2,7H2;1H2;1H3;1H;/q;;;;;;-1;;/b15-12+;;;11-7+;;;;;. The van der Waals surface area contributed by atoms with Gasteiger partial charge in [-0.15, -0.1) is 12.4 Å². The SMILES string of the molecule is CC(C)(C)OC(=O)CC/C(=C\F)COc1ccc(-c2nc(C3CC3)n(CC(F)(F)F)n2)cc1.Cl.FC(F)(F)CI.FC(F)(F)Cn1nc(-c2ccc(OCc3ccccc3)cc2)nc1C1CC1.NC/C(=C\F)COc1ccc(-c2nc(C3CC3)n(CC(F)(F)F)n2)cc1.Oc1ccc(-c2nc(C3CC3)n(CC(F)(F)F)n2)cc1.[CH3-].[W].c1ccc(COc2ccc(-c3n[nH]c(C4CC4)n3)cc2)cc1. The van der Waals surface area contributed by atoms with E-state index in [1.807, 2.05) is 72.8 Å². The van der Waals surface area contributed by atoms with Gasteiger partial charge in [0.1, 0.15) is 116 Å². The minimum absolute atomic E-state index is 0. The number of nitrogens with two attached hydrogens (primary N) is 1. The van der Waals surface area contributed by atoms with Gasteiger partial charge >= 0.3 is 36.9 Å². The molecule has 17 rings (SSSR count). The summed E-state index contributed by atoms with van der Waals surface area (Å²) in [6.07, 6.45) is -11.2. The Morgan fingerprint density at radius 3 is 0.971 bits per heavy atom. The van der Waals surface area contributed by atoms with Gasteiger partial charge in [-0.1, -0.05) is 83.3 Å². The monoisotopic (exact) mass is 2230 g/mol. The molecule has 4 N–H and O–H groups in total. The molecule has 12 aromatic rings. The second-order valence-corrected chi connectivity index (χ2v) is 33.8. The van der Waals surface area contributed by atoms with Crippen molar-refractivity contribution in [2.75, 3.05) is 24.2 Å². The van der Waals surface area contributed by atoms with Crippen molar-refractivity contribution in [3.8, 4) is 85.7 Å². The van der Waals surface area contributed by atoms with Crippen molar-refractivity contribution in [1.82, 2.24) is 74.2 Å². The van der Waals surface area contributed by atoms with Crippen LogP contribution >= 0.6 is 35.0 Å². The Morgan fingerprint density at radius 2 is 0.701 bits per heavy atom. The zero-order chi connectivity index (χ0) is 96.1. The first-order valence-corrected chi connectivity index (χ1v) is 44.1. The summed E-state index contributed by atoms with van der Waals surface area (Å²) in [5.41, 5.74) is 11.0. The van der Waals surface area contributed by atoms with Crippen LogP contribution in [0, 0.1) is 7.43 Å². The van der Waals surface area contributed by atoms with E-state index in [0.29, 0.717) is 112 Å². The van der Waals surface area contributed by atoms with Gasteiger partial charge in [-0.05, 0) is 229 Å². The summed E-state index contributed by atoms with van der Waals surface area (Å²) in [6.45, 7) is 1.77. The number of phenolic OH excluding ortho intramolecular Hbond substituents is 1. The first-order valence-electron chi connectivity index (χ1n) is 42.6. The normalized spacial score (nSPS) is 14.4. The molecule has 5 saturated carbocycles. The summed E-state index contributed by atoms with van der Waals surface area (Å²) in [4.78, 5) is 33.5. The van der Waals surface area contributed by atoms with Gasteiger partial charge < -0.3 is 42.0 Å². The van der Waals surface area contributed by atoms with E-state index in [1.165, 1.54) is 47.6 Å². The van der Waals surface area contributed by atoms with Crippen LogP contribution in [0.2, 0.25) is 0 Å². The molecule has 0 aliphatic heterocycles. The number of nitrogens with one attached hydrogen (secondary N) is 1. The molecular formula is C94H98ClF17IN16O7W-. The number of alkyl halides is 16. The molecule has 0 saturated heterocycles. The van der Waals surface area contributed by atoms with Crippen LogP contribution in [0.25, 0.3) is 56.9 Å². The number of ether oxygens (including phenoxy) is 5. The van der Waals surface area contributed by atoms with E-state index in [2.05, 4.69) is 67.6 Å². The largest absolute Gasteiger partial charge is 0.508 e. The third-order valence-electron chi connectivity index (χ3n) is 20.1. The van der Waals surface area contributed by atoms with Gasteiger partial charge in [0.25, 0.3) is 0 Å². The van der Waals surface area contributed by atoms with E-state index in [0.717, 1.165) is 104 Å². The van der Waals surface area contributed by atoms with Crippen molar-refractivity contribution in [2.45, 2.75) is 203 Å². The molecule has 5 aliphatic carbocycles. The molecule has 5 aliphatic rings. The van der Waals surface area contributed by atoms with Crippen LogP contribution in [0.15, 0.2) is 206 Å². The minimum Gasteiger partial charge on any atom is -0.508 e. The summed E-state index contributed by atoms with van der Waals surface area (Å²) in [7, 11) is 0. The number of nitrogens with zero attached hydrogens (tertiary/aromatic N) is 14. The Bertz CT molecular complexity index is 5800. The quantitative estimate of drug-likeness (QED) is 0.0124. The number of H-pyrrole nitrogens is 1. The number of carbonyl (C=O) groups is 1. The Labute approximate surface area is 811 Å². The summed E-state index contributed by atoms with van der Waals surface area (Å²) >= 11 is 1.27. The molecule has 0 atom stereocenters. The Kier molecular flexibility index (Phi) is 39.3. The summed E-state index contributed by atoms with van der Waals surface area (Å²) < 4.78 is 241. The Hall–Kier alpha value is -11.3. The number of halogens is 19. The minimum atomic E-state index is -4.38. The number of hydrogen-bond donors (Lipinski definition) is 3. The van der Waals surface area contributed by atoms with Gasteiger partial charge in [0.05, 0.1) is 17.1 Å². The first kappa shape index (κ1) is 109. The van der Waals surface area contributed by atoms with Crippen molar-refractivity contribution in [2.24, 2.45) is 5.73 Å². The van der Waals surface area contributed by atoms with Gasteiger partial charge in [-0.2, -0.15) is 91.3 Å². The summed E-state index contributed by atoms with van der Waals surface area (Å²) in [5.74, 6) is 7.29. The zero-order valence-corrected chi connectivity index (χ0v) is 80.2.